The van der Waals surface area contributed by atoms with Crippen molar-refractivity contribution in [2.24, 2.45) is 0 Å². The fraction of sp³-hybridized carbons (Fsp3) is 0.143. The lowest BCUT2D eigenvalue weighted by molar-refractivity contribution is 0.487. The molecular formula is C14H11BrClF2N. The van der Waals surface area contributed by atoms with Crippen molar-refractivity contribution >= 4 is 27.5 Å². The van der Waals surface area contributed by atoms with E-state index < -0.39 is 17.7 Å². The third-order valence-electron chi connectivity index (χ3n) is 2.86. The molecule has 0 amide bonds. The first kappa shape index (κ1) is 14.4. The number of hydrogen-bond acceptors (Lipinski definition) is 1. The largest absolute Gasteiger partial charge is 0.309 e. The molecule has 1 nitrogen and oxygen atoms in total. The van der Waals surface area contributed by atoms with Gasteiger partial charge in [0.1, 0.15) is 0 Å². The molecule has 100 valence electrons. The van der Waals surface area contributed by atoms with E-state index in [1.54, 1.807) is 31.3 Å². The zero-order valence-corrected chi connectivity index (χ0v) is 12.4. The monoisotopic (exact) mass is 345 g/mol. The van der Waals surface area contributed by atoms with Gasteiger partial charge in [-0.3, -0.25) is 0 Å². The maximum absolute atomic E-state index is 13.9. The topological polar surface area (TPSA) is 12.0 Å². The average molecular weight is 347 g/mol. The molecule has 0 saturated heterocycles. The standard InChI is InChI=1S/C14H11BrClF2N/c1-19-14(8-5-6-11(16)10(15)7-8)9-3-2-4-12(17)13(9)18/h2-7,14,19H,1H3. The molecule has 0 spiro atoms. The Hall–Kier alpha value is -0.970. The summed E-state index contributed by atoms with van der Waals surface area (Å²) in [7, 11) is 1.69. The van der Waals surface area contributed by atoms with E-state index >= 15 is 0 Å². The van der Waals surface area contributed by atoms with Crippen LogP contribution < -0.4 is 5.32 Å². The lowest BCUT2D eigenvalue weighted by Gasteiger charge is -2.18. The van der Waals surface area contributed by atoms with E-state index in [0.29, 0.717) is 9.50 Å². The highest BCUT2D eigenvalue weighted by molar-refractivity contribution is 9.10. The number of nitrogens with one attached hydrogen (secondary N) is 1. The van der Waals surface area contributed by atoms with Crippen molar-refractivity contribution in [1.82, 2.24) is 5.32 Å². The molecule has 2 aromatic rings. The molecule has 0 saturated carbocycles. The second kappa shape index (κ2) is 5.99. The molecule has 0 aliphatic rings. The van der Waals surface area contributed by atoms with Crippen LogP contribution in [0.2, 0.25) is 5.02 Å². The van der Waals surface area contributed by atoms with Crippen molar-refractivity contribution in [2.75, 3.05) is 7.05 Å². The SMILES string of the molecule is CNC(c1ccc(Cl)c(Br)c1)c1cccc(F)c1F. The molecule has 0 fully saturated rings. The second-order valence-electron chi connectivity index (χ2n) is 4.04. The minimum Gasteiger partial charge on any atom is -0.309 e. The molecule has 1 N–H and O–H groups in total. The molecule has 0 heterocycles. The zero-order chi connectivity index (χ0) is 14.0. The van der Waals surface area contributed by atoms with Gasteiger partial charge in [0.15, 0.2) is 11.6 Å². The smallest absolute Gasteiger partial charge is 0.163 e. The highest BCUT2D eigenvalue weighted by Crippen LogP contribution is 2.30. The van der Waals surface area contributed by atoms with Crippen LogP contribution >= 0.6 is 27.5 Å². The first-order valence-corrected chi connectivity index (χ1v) is 6.77. The van der Waals surface area contributed by atoms with Crippen LogP contribution in [0.4, 0.5) is 8.78 Å². The maximum Gasteiger partial charge on any atom is 0.163 e. The Balaban J connectivity index is 2.50. The van der Waals surface area contributed by atoms with Crippen molar-refractivity contribution in [1.29, 1.82) is 0 Å². The van der Waals surface area contributed by atoms with Crippen LogP contribution in [0.1, 0.15) is 17.2 Å². The summed E-state index contributed by atoms with van der Waals surface area (Å²) in [6.45, 7) is 0. The zero-order valence-electron chi connectivity index (χ0n) is 10.1. The molecule has 1 unspecified atom stereocenters. The highest BCUT2D eigenvalue weighted by Gasteiger charge is 2.19. The summed E-state index contributed by atoms with van der Waals surface area (Å²) in [5.41, 5.74) is 1.06. The highest BCUT2D eigenvalue weighted by atomic mass is 79.9. The van der Waals surface area contributed by atoms with Crippen molar-refractivity contribution < 1.29 is 8.78 Å². The van der Waals surface area contributed by atoms with E-state index in [9.17, 15) is 8.78 Å². The lowest BCUT2D eigenvalue weighted by Crippen LogP contribution is -2.19. The lowest BCUT2D eigenvalue weighted by atomic mass is 9.98. The van der Waals surface area contributed by atoms with Gasteiger partial charge >= 0.3 is 0 Å². The molecule has 1 atom stereocenters. The van der Waals surface area contributed by atoms with E-state index in [1.165, 1.54) is 6.07 Å². The molecule has 0 radical (unpaired) electrons. The molecule has 19 heavy (non-hydrogen) atoms. The molecular weight excluding hydrogens is 336 g/mol. The summed E-state index contributed by atoms with van der Waals surface area (Å²) in [5, 5.41) is 3.55. The normalized spacial score (nSPS) is 12.5. The minimum atomic E-state index is -0.856. The molecule has 2 rings (SSSR count). The Labute approximate surface area is 123 Å². The summed E-state index contributed by atoms with van der Waals surface area (Å²) in [6, 6.07) is 8.98. The molecule has 2 aromatic carbocycles. The van der Waals surface area contributed by atoms with Crippen molar-refractivity contribution in [3.63, 3.8) is 0 Å². The minimum absolute atomic E-state index is 0.261. The van der Waals surface area contributed by atoms with Crippen LogP contribution in [0.15, 0.2) is 40.9 Å². The van der Waals surface area contributed by atoms with Crippen molar-refractivity contribution in [3.8, 4) is 0 Å². The Morgan fingerprint density at radius 2 is 1.95 bits per heavy atom. The van der Waals surface area contributed by atoms with Gasteiger partial charge in [0, 0.05) is 10.0 Å². The van der Waals surface area contributed by atoms with Crippen LogP contribution in [-0.4, -0.2) is 7.05 Å². The van der Waals surface area contributed by atoms with Crippen LogP contribution in [0.25, 0.3) is 0 Å². The Kier molecular flexibility index (Phi) is 4.55. The Morgan fingerprint density at radius 1 is 1.21 bits per heavy atom. The van der Waals surface area contributed by atoms with Crippen molar-refractivity contribution in [2.45, 2.75) is 6.04 Å². The molecule has 0 aromatic heterocycles. The van der Waals surface area contributed by atoms with E-state index in [1.807, 2.05) is 0 Å². The maximum atomic E-state index is 13.9. The summed E-state index contributed by atoms with van der Waals surface area (Å²) >= 11 is 9.25. The van der Waals surface area contributed by atoms with Crippen LogP contribution in [0, 0.1) is 11.6 Å². The van der Waals surface area contributed by atoms with Crippen LogP contribution in [-0.2, 0) is 0 Å². The van der Waals surface area contributed by atoms with Crippen LogP contribution in [0.3, 0.4) is 0 Å². The van der Waals surface area contributed by atoms with Crippen LogP contribution in [0.5, 0.6) is 0 Å². The summed E-state index contributed by atoms with van der Waals surface area (Å²) in [6.07, 6.45) is 0. The summed E-state index contributed by atoms with van der Waals surface area (Å²) in [4.78, 5) is 0. The van der Waals surface area contributed by atoms with Gasteiger partial charge in [-0.05, 0) is 46.7 Å². The van der Waals surface area contributed by atoms with Gasteiger partial charge in [-0.2, -0.15) is 0 Å². The summed E-state index contributed by atoms with van der Waals surface area (Å²) in [5.74, 6) is -1.70. The van der Waals surface area contributed by atoms with Gasteiger partial charge in [-0.15, -0.1) is 0 Å². The first-order chi connectivity index (χ1) is 9.04. The number of halogens is 4. The Bertz CT molecular complexity index is 604. The molecule has 5 heteroatoms. The number of rotatable bonds is 3. The third-order valence-corrected chi connectivity index (χ3v) is 4.07. The van der Waals surface area contributed by atoms with E-state index in [4.69, 9.17) is 11.6 Å². The third kappa shape index (κ3) is 2.96. The fourth-order valence-electron chi connectivity index (χ4n) is 1.94. The second-order valence-corrected chi connectivity index (χ2v) is 5.30. The van der Waals surface area contributed by atoms with Gasteiger partial charge < -0.3 is 5.32 Å². The van der Waals surface area contributed by atoms with Gasteiger partial charge in [0.05, 0.1) is 11.1 Å². The van der Waals surface area contributed by atoms with Gasteiger partial charge in [-0.1, -0.05) is 29.8 Å². The summed E-state index contributed by atoms with van der Waals surface area (Å²) < 4.78 is 27.9. The van der Waals surface area contributed by atoms with Gasteiger partial charge in [0.25, 0.3) is 0 Å². The Morgan fingerprint density at radius 3 is 2.58 bits per heavy atom. The first-order valence-electron chi connectivity index (χ1n) is 5.60. The van der Waals surface area contributed by atoms with E-state index in [2.05, 4.69) is 21.2 Å². The fourth-order valence-corrected chi connectivity index (χ4v) is 2.45. The molecule has 0 aliphatic heterocycles. The average Bonchev–Trinajstić information content (AvgIpc) is 2.39. The quantitative estimate of drug-likeness (QED) is 0.850. The van der Waals surface area contributed by atoms with Crippen molar-refractivity contribution in [3.05, 3.63) is 68.7 Å². The molecule has 0 bridgehead atoms. The van der Waals surface area contributed by atoms with E-state index in [-0.39, 0.29) is 5.56 Å². The van der Waals surface area contributed by atoms with Gasteiger partial charge in [0.2, 0.25) is 0 Å². The predicted octanol–water partition coefficient (Wildman–Crippen LogP) is 4.69. The number of hydrogen-bond donors (Lipinski definition) is 1. The predicted molar refractivity (Wildman–Crippen MR) is 76.4 cm³/mol. The molecule has 0 aliphatic carbocycles. The van der Waals surface area contributed by atoms with E-state index in [0.717, 1.165) is 11.6 Å². The number of benzene rings is 2. The van der Waals surface area contributed by atoms with Gasteiger partial charge in [-0.25, -0.2) is 8.78 Å².